The molecule has 0 amide bonds. The molecule has 1 saturated heterocycles. The first-order valence-electron chi connectivity index (χ1n) is 9.90. The van der Waals surface area contributed by atoms with E-state index in [0.717, 1.165) is 37.4 Å². The molecule has 0 aromatic rings. The number of rotatable bonds is 9. The van der Waals surface area contributed by atoms with Gasteiger partial charge in [0.05, 0.1) is 12.2 Å². The van der Waals surface area contributed by atoms with Gasteiger partial charge in [0.25, 0.3) is 0 Å². The second-order valence-corrected chi connectivity index (χ2v) is 12.8. The minimum atomic E-state index is -1.72. The average molecular weight is 353 g/mol. The highest BCUT2D eigenvalue weighted by Crippen LogP contribution is 2.38. The van der Waals surface area contributed by atoms with Crippen molar-refractivity contribution in [1.82, 2.24) is 0 Å². The summed E-state index contributed by atoms with van der Waals surface area (Å²) in [4.78, 5) is 13.0. The third-order valence-electron chi connectivity index (χ3n) is 5.95. The summed E-state index contributed by atoms with van der Waals surface area (Å²) in [6.07, 6.45) is 5.10. The third-order valence-corrected chi connectivity index (χ3v) is 10.6. The van der Waals surface area contributed by atoms with Crippen molar-refractivity contribution in [2.45, 2.75) is 97.2 Å². The van der Waals surface area contributed by atoms with Crippen LogP contribution < -0.4 is 0 Å². The molecule has 0 N–H and O–H groups in total. The van der Waals surface area contributed by atoms with Gasteiger partial charge in [-0.1, -0.05) is 46.3 Å². The fourth-order valence-corrected chi connectivity index (χ4v) is 6.79. The minimum absolute atomic E-state index is 0.00705. The highest BCUT2D eigenvalue weighted by Gasteiger charge is 2.49. The number of ether oxygens (including phenoxy) is 1. The monoisotopic (exact) mass is 352 g/mol. The molecule has 4 heteroatoms. The molecular weight excluding hydrogens is 316 g/mol. The van der Waals surface area contributed by atoms with Crippen molar-refractivity contribution in [2.24, 2.45) is 11.8 Å². The van der Waals surface area contributed by atoms with Gasteiger partial charge in [-0.05, 0) is 50.2 Å². The van der Waals surface area contributed by atoms with Crippen LogP contribution in [0, 0.1) is 11.8 Å². The summed E-state index contributed by atoms with van der Waals surface area (Å²) >= 11 is 0. The van der Waals surface area contributed by atoms with Crippen molar-refractivity contribution in [2.75, 3.05) is 0 Å². The summed E-state index contributed by atoms with van der Waals surface area (Å²) in [6.45, 7) is 13.3. The van der Waals surface area contributed by atoms with E-state index in [1.54, 1.807) is 0 Å². The fraction of sp³-hybridized carbons (Fsp3) is 0.850. The molecule has 1 heterocycles. The number of hydrogen-bond donors (Lipinski definition) is 0. The lowest BCUT2D eigenvalue weighted by Gasteiger charge is -2.37. The number of epoxide rings is 1. The molecule has 0 aromatic carbocycles. The highest BCUT2D eigenvalue weighted by atomic mass is 28.4. The average Bonchev–Trinajstić information content (AvgIpc) is 3.30. The largest absolute Gasteiger partial charge is 0.410 e. The van der Waals surface area contributed by atoms with Gasteiger partial charge in [-0.25, -0.2) is 0 Å². The van der Waals surface area contributed by atoms with Crippen molar-refractivity contribution in [3.05, 3.63) is 11.6 Å². The lowest BCUT2D eigenvalue weighted by atomic mass is 9.83. The van der Waals surface area contributed by atoms with E-state index in [1.807, 2.05) is 0 Å². The molecule has 0 bridgehead atoms. The molecule has 2 aliphatic rings. The van der Waals surface area contributed by atoms with Crippen LogP contribution in [0.5, 0.6) is 0 Å². The maximum absolute atomic E-state index is 13.0. The van der Waals surface area contributed by atoms with Crippen LogP contribution in [0.1, 0.15) is 60.8 Å². The molecule has 1 fully saturated rings. The molecule has 138 valence electrons. The standard InChI is InChI=1S/C20H36O3Si/c1-7-24(8-2,9-3)23-17-13-15(6)10-11-16(17)19(21)20-18(22-20)12-14(4)5/h13-14,16-18,20H,7-12H2,1-6H3/t16-,17+,18+,20-/m0/s1. The number of Topliss-reactive ketones (excluding diaryl/α,β-unsaturated/α-hetero) is 1. The first-order chi connectivity index (χ1) is 11.4. The zero-order valence-corrected chi connectivity index (χ0v) is 17.4. The Kier molecular flexibility index (Phi) is 6.86. The Morgan fingerprint density at radius 3 is 2.46 bits per heavy atom. The van der Waals surface area contributed by atoms with Crippen LogP contribution in [0.25, 0.3) is 0 Å². The molecular formula is C20H36O3Si. The minimum Gasteiger partial charge on any atom is -0.410 e. The second kappa shape index (κ2) is 8.28. The number of hydrogen-bond acceptors (Lipinski definition) is 3. The maximum Gasteiger partial charge on any atom is 0.192 e. The Morgan fingerprint density at radius 1 is 1.29 bits per heavy atom. The van der Waals surface area contributed by atoms with Gasteiger partial charge in [0.15, 0.2) is 14.1 Å². The van der Waals surface area contributed by atoms with Crippen LogP contribution in [-0.4, -0.2) is 32.4 Å². The Labute approximate surface area is 149 Å². The summed E-state index contributed by atoms with van der Waals surface area (Å²) in [6, 6.07) is 3.38. The van der Waals surface area contributed by atoms with Crippen LogP contribution in [0.15, 0.2) is 11.6 Å². The van der Waals surface area contributed by atoms with Gasteiger partial charge in [0, 0.05) is 5.92 Å². The Morgan fingerprint density at radius 2 is 1.92 bits per heavy atom. The van der Waals surface area contributed by atoms with E-state index < -0.39 is 8.32 Å². The normalized spacial score (nSPS) is 30.4. The van der Waals surface area contributed by atoms with Gasteiger partial charge < -0.3 is 9.16 Å². The molecule has 24 heavy (non-hydrogen) atoms. The van der Waals surface area contributed by atoms with E-state index in [-0.39, 0.29) is 24.2 Å². The predicted octanol–water partition coefficient (Wildman–Crippen LogP) is 5.12. The van der Waals surface area contributed by atoms with Crippen molar-refractivity contribution >= 4 is 14.1 Å². The molecule has 0 spiro atoms. The van der Waals surface area contributed by atoms with E-state index in [4.69, 9.17) is 9.16 Å². The summed E-state index contributed by atoms with van der Waals surface area (Å²) in [7, 11) is -1.72. The predicted molar refractivity (Wildman–Crippen MR) is 102 cm³/mol. The Balaban J connectivity index is 2.09. The zero-order chi connectivity index (χ0) is 17.9. The van der Waals surface area contributed by atoms with Gasteiger partial charge in [-0.3, -0.25) is 4.79 Å². The lowest BCUT2D eigenvalue weighted by molar-refractivity contribution is -0.126. The third kappa shape index (κ3) is 4.58. The van der Waals surface area contributed by atoms with Gasteiger partial charge in [-0.2, -0.15) is 0 Å². The van der Waals surface area contributed by atoms with E-state index in [9.17, 15) is 4.79 Å². The molecule has 0 radical (unpaired) electrons. The van der Waals surface area contributed by atoms with Crippen LogP contribution in [-0.2, 0) is 14.0 Å². The Bertz CT molecular complexity index is 459. The second-order valence-electron chi connectivity index (χ2n) is 8.11. The number of ketones is 1. The fourth-order valence-electron chi connectivity index (χ4n) is 3.98. The first-order valence-corrected chi connectivity index (χ1v) is 12.4. The van der Waals surface area contributed by atoms with Crippen molar-refractivity contribution < 1.29 is 14.0 Å². The van der Waals surface area contributed by atoms with E-state index in [1.165, 1.54) is 5.57 Å². The molecule has 0 unspecified atom stereocenters. The van der Waals surface area contributed by atoms with Crippen molar-refractivity contribution in [1.29, 1.82) is 0 Å². The molecule has 3 nitrogen and oxygen atoms in total. The summed E-state index contributed by atoms with van der Waals surface area (Å²) in [5.41, 5.74) is 1.37. The molecule has 0 saturated carbocycles. The van der Waals surface area contributed by atoms with Crippen molar-refractivity contribution in [3.8, 4) is 0 Å². The number of allylic oxidation sites excluding steroid dienone is 1. The molecule has 2 rings (SSSR count). The van der Waals surface area contributed by atoms with Gasteiger partial charge >= 0.3 is 0 Å². The van der Waals surface area contributed by atoms with Crippen LogP contribution in [0.4, 0.5) is 0 Å². The van der Waals surface area contributed by atoms with Gasteiger partial charge in [0.2, 0.25) is 0 Å². The van der Waals surface area contributed by atoms with E-state index in [2.05, 4.69) is 47.6 Å². The zero-order valence-electron chi connectivity index (χ0n) is 16.4. The van der Waals surface area contributed by atoms with Gasteiger partial charge in [-0.15, -0.1) is 0 Å². The first kappa shape index (κ1) is 19.9. The summed E-state index contributed by atoms with van der Waals surface area (Å²) in [5, 5.41) is 0. The van der Waals surface area contributed by atoms with E-state index in [0.29, 0.717) is 11.7 Å². The lowest BCUT2D eigenvalue weighted by Crippen LogP contribution is -2.45. The molecule has 1 aliphatic heterocycles. The number of carbonyl (C=O) groups is 1. The Hall–Kier alpha value is -0.453. The van der Waals surface area contributed by atoms with Crippen molar-refractivity contribution in [3.63, 3.8) is 0 Å². The quantitative estimate of drug-likeness (QED) is 0.328. The van der Waals surface area contributed by atoms with Crippen LogP contribution >= 0.6 is 0 Å². The molecule has 0 aromatic heterocycles. The maximum atomic E-state index is 13.0. The number of carbonyl (C=O) groups excluding carboxylic acids is 1. The van der Waals surface area contributed by atoms with Crippen LogP contribution in [0.2, 0.25) is 18.1 Å². The van der Waals surface area contributed by atoms with E-state index >= 15 is 0 Å². The SMILES string of the molecule is CC[Si](CC)(CC)O[C@@H]1C=C(C)CC[C@@H]1C(=O)[C@H]1O[C@@H]1CC(C)C. The van der Waals surface area contributed by atoms with Crippen LogP contribution in [0.3, 0.4) is 0 Å². The summed E-state index contributed by atoms with van der Waals surface area (Å²) in [5.74, 6) is 0.863. The topological polar surface area (TPSA) is 38.8 Å². The molecule has 1 aliphatic carbocycles. The van der Waals surface area contributed by atoms with Gasteiger partial charge in [0.1, 0.15) is 6.10 Å². The molecule has 4 atom stereocenters. The smallest absolute Gasteiger partial charge is 0.192 e. The summed E-state index contributed by atoms with van der Waals surface area (Å²) < 4.78 is 12.4. The highest BCUT2D eigenvalue weighted by molar-refractivity contribution is 6.73.